The van der Waals surface area contributed by atoms with Crippen molar-refractivity contribution in [1.29, 1.82) is 0 Å². The van der Waals surface area contributed by atoms with E-state index in [4.69, 9.17) is 9.84 Å². The minimum atomic E-state index is -0.503. The second-order valence-corrected chi connectivity index (χ2v) is 5.00. The largest absolute Gasteiger partial charge is 0.445 e. The molecule has 0 heterocycles. The Balaban J connectivity index is 1.76. The van der Waals surface area contributed by atoms with Gasteiger partial charge < -0.3 is 15.2 Å². The molecule has 3 rings (SSSR count). The van der Waals surface area contributed by atoms with Gasteiger partial charge in [0.2, 0.25) is 0 Å². The van der Waals surface area contributed by atoms with Crippen molar-refractivity contribution < 1.29 is 14.6 Å². The molecule has 0 unspecified atom stereocenters. The standard InChI is InChI=1S/C17H17NO3/c19-9-8-18-17(20)21-11-13-5-3-7-15-14-6-2-1-4-12(14)10-16(13)15/h1-7,19H,8-11H2,(H,18,20). The fourth-order valence-corrected chi connectivity index (χ4v) is 2.71. The first-order valence-electron chi connectivity index (χ1n) is 7.00. The van der Waals surface area contributed by atoms with Crippen molar-refractivity contribution in [2.24, 2.45) is 0 Å². The molecule has 0 spiro atoms. The monoisotopic (exact) mass is 283 g/mol. The van der Waals surface area contributed by atoms with E-state index >= 15 is 0 Å². The van der Waals surface area contributed by atoms with E-state index in [1.54, 1.807) is 0 Å². The number of alkyl carbamates (subject to hydrolysis) is 1. The topological polar surface area (TPSA) is 58.6 Å². The highest BCUT2D eigenvalue weighted by molar-refractivity contribution is 5.78. The minimum Gasteiger partial charge on any atom is -0.445 e. The summed E-state index contributed by atoms with van der Waals surface area (Å²) in [5.41, 5.74) is 6.06. The Morgan fingerprint density at radius 1 is 1.14 bits per heavy atom. The molecule has 21 heavy (non-hydrogen) atoms. The number of fused-ring (bicyclic) bond motifs is 3. The molecule has 0 aliphatic heterocycles. The number of carbonyl (C=O) groups is 1. The lowest BCUT2D eigenvalue weighted by Gasteiger charge is -2.10. The molecule has 1 aliphatic carbocycles. The second kappa shape index (κ2) is 5.97. The van der Waals surface area contributed by atoms with Crippen molar-refractivity contribution in [3.63, 3.8) is 0 Å². The van der Waals surface area contributed by atoms with Gasteiger partial charge in [0.1, 0.15) is 6.61 Å². The van der Waals surface area contributed by atoms with Gasteiger partial charge in [-0.15, -0.1) is 0 Å². The van der Waals surface area contributed by atoms with E-state index in [9.17, 15) is 4.79 Å². The van der Waals surface area contributed by atoms with Gasteiger partial charge in [0.15, 0.2) is 0 Å². The number of carbonyl (C=O) groups excluding carboxylic acids is 1. The molecule has 2 N–H and O–H groups in total. The summed E-state index contributed by atoms with van der Waals surface area (Å²) < 4.78 is 5.19. The smallest absolute Gasteiger partial charge is 0.407 e. The number of benzene rings is 2. The van der Waals surface area contributed by atoms with Crippen molar-refractivity contribution in [3.8, 4) is 11.1 Å². The van der Waals surface area contributed by atoms with Gasteiger partial charge >= 0.3 is 6.09 Å². The van der Waals surface area contributed by atoms with E-state index in [0.29, 0.717) is 0 Å². The Labute approximate surface area is 123 Å². The number of nitrogens with one attached hydrogen (secondary N) is 1. The van der Waals surface area contributed by atoms with Gasteiger partial charge in [-0.05, 0) is 34.2 Å². The highest BCUT2D eigenvalue weighted by Crippen LogP contribution is 2.38. The number of aliphatic hydroxyl groups excluding tert-OH is 1. The van der Waals surface area contributed by atoms with Crippen molar-refractivity contribution in [2.75, 3.05) is 13.2 Å². The summed E-state index contributed by atoms with van der Waals surface area (Å²) >= 11 is 0. The van der Waals surface area contributed by atoms with E-state index in [1.807, 2.05) is 24.3 Å². The van der Waals surface area contributed by atoms with Crippen LogP contribution in [-0.4, -0.2) is 24.4 Å². The summed E-state index contributed by atoms with van der Waals surface area (Å²) in [6.07, 6.45) is 0.376. The summed E-state index contributed by atoms with van der Waals surface area (Å²) in [5, 5.41) is 11.1. The van der Waals surface area contributed by atoms with Crippen LogP contribution >= 0.6 is 0 Å². The van der Waals surface area contributed by atoms with Crippen LogP contribution < -0.4 is 5.32 Å². The van der Waals surface area contributed by atoms with Crippen LogP contribution in [0, 0.1) is 0 Å². The molecule has 0 saturated heterocycles. The lowest BCUT2D eigenvalue weighted by molar-refractivity contribution is 0.137. The first-order chi connectivity index (χ1) is 10.3. The van der Waals surface area contributed by atoms with Gasteiger partial charge in [-0.25, -0.2) is 4.79 Å². The SMILES string of the molecule is O=C(NCCO)OCc1cccc2c1Cc1ccccc1-2. The maximum atomic E-state index is 11.4. The molecule has 4 nitrogen and oxygen atoms in total. The molecule has 0 bridgehead atoms. The summed E-state index contributed by atoms with van der Waals surface area (Å²) in [4.78, 5) is 11.4. The van der Waals surface area contributed by atoms with Crippen LogP contribution in [-0.2, 0) is 17.8 Å². The predicted molar refractivity (Wildman–Crippen MR) is 80.0 cm³/mol. The van der Waals surface area contributed by atoms with Crippen LogP contribution in [0.15, 0.2) is 42.5 Å². The van der Waals surface area contributed by atoms with Gasteiger partial charge in [-0.2, -0.15) is 0 Å². The number of aliphatic hydroxyl groups is 1. The number of hydrogen-bond donors (Lipinski definition) is 2. The number of amides is 1. The van der Waals surface area contributed by atoms with Crippen LogP contribution in [0.3, 0.4) is 0 Å². The highest BCUT2D eigenvalue weighted by atomic mass is 16.5. The first kappa shape index (κ1) is 13.6. The summed E-state index contributed by atoms with van der Waals surface area (Å²) in [6.45, 7) is 0.358. The predicted octanol–water partition coefficient (Wildman–Crippen LogP) is 2.48. The quantitative estimate of drug-likeness (QED) is 0.773. The third kappa shape index (κ3) is 2.76. The van der Waals surface area contributed by atoms with Crippen LogP contribution in [0.25, 0.3) is 11.1 Å². The Hall–Kier alpha value is -2.33. The van der Waals surface area contributed by atoms with E-state index in [0.717, 1.165) is 12.0 Å². The van der Waals surface area contributed by atoms with Crippen LogP contribution in [0.1, 0.15) is 16.7 Å². The molecule has 0 aromatic heterocycles. The zero-order valence-electron chi connectivity index (χ0n) is 11.6. The maximum absolute atomic E-state index is 11.4. The second-order valence-electron chi connectivity index (χ2n) is 5.00. The van der Waals surface area contributed by atoms with Gasteiger partial charge in [0.05, 0.1) is 6.61 Å². The van der Waals surface area contributed by atoms with Crippen LogP contribution in [0.4, 0.5) is 4.79 Å². The number of ether oxygens (including phenoxy) is 1. The molecule has 0 atom stereocenters. The van der Waals surface area contributed by atoms with Crippen molar-refractivity contribution in [1.82, 2.24) is 5.32 Å². The summed E-state index contributed by atoms with van der Waals surface area (Å²) in [7, 11) is 0. The van der Waals surface area contributed by atoms with Gasteiger partial charge in [0, 0.05) is 6.54 Å². The summed E-state index contributed by atoms with van der Waals surface area (Å²) in [6, 6.07) is 14.4. The molecule has 1 amide bonds. The average Bonchev–Trinajstić information content (AvgIpc) is 2.90. The Morgan fingerprint density at radius 2 is 1.95 bits per heavy atom. The van der Waals surface area contributed by atoms with Gasteiger partial charge in [-0.1, -0.05) is 42.5 Å². The molecular formula is C17H17NO3. The maximum Gasteiger partial charge on any atom is 0.407 e. The normalized spacial score (nSPS) is 11.7. The van der Waals surface area contributed by atoms with E-state index in [1.165, 1.54) is 22.3 Å². The molecule has 2 aromatic rings. The van der Waals surface area contributed by atoms with Crippen molar-refractivity contribution >= 4 is 6.09 Å². The van der Waals surface area contributed by atoms with Gasteiger partial charge in [-0.3, -0.25) is 0 Å². The van der Waals surface area contributed by atoms with Crippen LogP contribution in [0.2, 0.25) is 0 Å². The molecule has 108 valence electrons. The highest BCUT2D eigenvalue weighted by Gasteiger charge is 2.20. The summed E-state index contributed by atoms with van der Waals surface area (Å²) in [5.74, 6) is 0. The van der Waals surface area contributed by atoms with Gasteiger partial charge in [0.25, 0.3) is 0 Å². The Morgan fingerprint density at radius 3 is 2.81 bits per heavy atom. The molecule has 2 aromatic carbocycles. The molecular weight excluding hydrogens is 266 g/mol. The zero-order chi connectivity index (χ0) is 14.7. The van der Waals surface area contributed by atoms with E-state index in [-0.39, 0.29) is 19.8 Å². The molecule has 0 saturated carbocycles. The van der Waals surface area contributed by atoms with Crippen molar-refractivity contribution in [3.05, 3.63) is 59.2 Å². The number of rotatable bonds is 4. The third-order valence-electron chi connectivity index (χ3n) is 3.69. The van der Waals surface area contributed by atoms with E-state index in [2.05, 4.69) is 23.5 Å². The lowest BCUT2D eigenvalue weighted by Crippen LogP contribution is -2.27. The number of hydrogen-bond acceptors (Lipinski definition) is 3. The van der Waals surface area contributed by atoms with Crippen molar-refractivity contribution in [2.45, 2.75) is 13.0 Å². The molecule has 1 aliphatic rings. The molecule has 4 heteroatoms. The van der Waals surface area contributed by atoms with Crippen LogP contribution in [0.5, 0.6) is 0 Å². The first-order valence-corrected chi connectivity index (χ1v) is 7.00. The zero-order valence-corrected chi connectivity index (χ0v) is 11.6. The Kier molecular flexibility index (Phi) is 3.88. The third-order valence-corrected chi connectivity index (χ3v) is 3.69. The molecule has 0 fully saturated rings. The fraction of sp³-hybridized carbons (Fsp3) is 0.235. The minimum absolute atomic E-state index is 0.0921. The Bertz CT molecular complexity index is 667. The fourth-order valence-electron chi connectivity index (χ4n) is 2.71. The lowest BCUT2D eigenvalue weighted by atomic mass is 10.0. The average molecular weight is 283 g/mol. The molecule has 0 radical (unpaired) electrons. The van der Waals surface area contributed by atoms with E-state index < -0.39 is 6.09 Å².